The van der Waals surface area contributed by atoms with Gasteiger partial charge in [-0.3, -0.25) is 9.88 Å². The van der Waals surface area contributed by atoms with Crippen molar-refractivity contribution in [3.05, 3.63) is 60.3 Å². The number of nitrogens with zero attached hydrogens (tertiary/aromatic N) is 2. The fraction of sp³-hybridized carbons (Fsp3) is 0.353. The van der Waals surface area contributed by atoms with Crippen molar-refractivity contribution in [3.63, 3.8) is 0 Å². The van der Waals surface area contributed by atoms with Crippen LogP contribution in [0, 0.1) is 0 Å². The summed E-state index contributed by atoms with van der Waals surface area (Å²) >= 11 is 0. The molecule has 3 heterocycles. The molecule has 0 bridgehead atoms. The van der Waals surface area contributed by atoms with Crippen LogP contribution in [0.5, 0.6) is 0 Å². The van der Waals surface area contributed by atoms with E-state index < -0.39 is 0 Å². The minimum absolute atomic E-state index is 0.698. The molecule has 0 spiro atoms. The van der Waals surface area contributed by atoms with E-state index in [9.17, 15) is 0 Å². The molecule has 0 atom stereocenters. The molecule has 2 aromatic rings. The maximum atomic E-state index is 5.29. The Morgan fingerprint density at radius 3 is 2.70 bits per heavy atom. The van der Waals surface area contributed by atoms with E-state index in [1.807, 2.05) is 24.5 Å². The van der Waals surface area contributed by atoms with Crippen molar-refractivity contribution in [2.24, 2.45) is 0 Å². The van der Waals surface area contributed by atoms with E-state index in [0.717, 1.165) is 25.4 Å². The SMILES string of the molecule is C(=C\c1ccco1)/CN1CCC(c2ccncc2)CC1. The Morgan fingerprint density at radius 1 is 1.20 bits per heavy atom. The third kappa shape index (κ3) is 3.36. The number of likely N-dealkylation sites (tertiary alicyclic amines) is 1. The molecule has 104 valence electrons. The van der Waals surface area contributed by atoms with Crippen LogP contribution in [0.1, 0.15) is 30.1 Å². The Labute approximate surface area is 119 Å². The average Bonchev–Trinajstić information content (AvgIpc) is 3.02. The molecule has 3 heteroatoms. The Kier molecular flexibility index (Phi) is 4.28. The largest absolute Gasteiger partial charge is 0.465 e. The van der Waals surface area contributed by atoms with Gasteiger partial charge in [-0.2, -0.15) is 0 Å². The summed E-state index contributed by atoms with van der Waals surface area (Å²) in [6.07, 6.45) is 12.2. The first-order chi connectivity index (χ1) is 9.92. The standard InChI is InChI=1S/C17H20N2O/c1(3-17-4-2-14-20-17)11-19-12-7-16(8-13-19)15-5-9-18-10-6-15/h1-6,9-10,14,16H,7-8,11-13H2/b3-1+. The first-order valence-corrected chi connectivity index (χ1v) is 7.24. The lowest BCUT2D eigenvalue weighted by Crippen LogP contribution is -2.33. The highest BCUT2D eigenvalue weighted by molar-refractivity contribution is 5.42. The number of piperidine rings is 1. The minimum atomic E-state index is 0.698. The van der Waals surface area contributed by atoms with Crippen molar-refractivity contribution in [2.45, 2.75) is 18.8 Å². The van der Waals surface area contributed by atoms with E-state index in [2.05, 4.69) is 34.2 Å². The monoisotopic (exact) mass is 268 g/mol. The molecule has 3 nitrogen and oxygen atoms in total. The molecule has 3 rings (SSSR count). The zero-order valence-corrected chi connectivity index (χ0v) is 11.6. The summed E-state index contributed by atoms with van der Waals surface area (Å²) in [4.78, 5) is 6.59. The summed E-state index contributed by atoms with van der Waals surface area (Å²) in [7, 11) is 0. The van der Waals surface area contributed by atoms with Gasteiger partial charge in [0.25, 0.3) is 0 Å². The Bertz CT molecular complexity index is 525. The summed E-state index contributed by atoms with van der Waals surface area (Å²) in [5.74, 6) is 1.62. The summed E-state index contributed by atoms with van der Waals surface area (Å²) in [5.41, 5.74) is 1.44. The molecule has 0 aromatic carbocycles. The van der Waals surface area contributed by atoms with Gasteiger partial charge in [-0.1, -0.05) is 6.08 Å². The van der Waals surface area contributed by atoms with E-state index in [-0.39, 0.29) is 0 Å². The van der Waals surface area contributed by atoms with Crippen molar-refractivity contribution < 1.29 is 4.42 Å². The number of rotatable bonds is 4. The van der Waals surface area contributed by atoms with Gasteiger partial charge in [0, 0.05) is 18.9 Å². The van der Waals surface area contributed by atoms with Gasteiger partial charge in [0.05, 0.1) is 6.26 Å². The molecule has 1 saturated heterocycles. The fourth-order valence-electron chi connectivity index (χ4n) is 2.79. The van der Waals surface area contributed by atoms with Gasteiger partial charge < -0.3 is 4.42 Å². The Balaban J connectivity index is 1.47. The zero-order chi connectivity index (χ0) is 13.6. The highest BCUT2D eigenvalue weighted by atomic mass is 16.3. The van der Waals surface area contributed by atoms with Gasteiger partial charge in [-0.15, -0.1) is 0 Å². The van der Waals surface area contributed by atoms with Crippen LogP contribution in [-0.2, 0) is 0 Å². The highest BCUT2D eigenvalue weighted by Gasteiger charge is 2.19. The molecule has 2 aromatic heterocycles. The summed E-state index contributed by atoms with van der Waals surface area (Å²) in [6.45, 7) is 3.33. The smallest absolute Gasteiger partial charge is 0.126 e. The molecular formula is C17H20N2O. The molecule has 1 aliphatic rings. The Hall–Kier alpha value is -1.87. The van der Waals surface area contributed by atoms with Crippen molar-refractivity contribution in [3.8, 4) is 0 Å². The predicted molar refractivity (Wildman–Crippen MR) is 80.4 cm³/mol. The van der Waals surface area contributed by atoms with Crippen LogP contribution in [0.2, 0.25) is 0 Å². The lowest BCUT2D eigenvalue weighted by atomic mass is 9.90. The number of aromatic nitrogens is 1. The van der Waals surface area contributed by atoms with Gasteiger partial charge >= 0.3 is 0 Å². The second-order valence-corrected chi connectivity index (χ2v) is 5.27. The van der Waals surface area contributed by atoms with E-state index in [0.29, 0.717) is 5.92 Å². The van der Waals surface area contributed by atoms with E-state index in [4.69, 9.17) is 4.42 Å². The van der Waals surface area contributed by atoms with Crippen molar-refractivity contribution in [2.75, 3.05) is 19.6 Å². The molecule has 20 heavy (non-hydrogen) atoms. The number of pyridine rings is 1. The van der Waals surface area contributed by atoms with Crippen LogP contribution in [0.3, 0.4) is 0 Å². The van der Waals surface area contributed by atoms with Crippen molar-refractivity contribution in [1.82, 2.24) is 9.88 Å². The third-order valence-corrected chi connectivity index (χ3v) is 3.95. The van der Waals surface area contributed by atoms with Crippen LogP contribution in [-0.4, -0.2) is 29.5 Å². The summed E-state index contributed by atoms with van der Waals surface area (Å²) < 4.78 is 5.29. The number of hydrogen-bond acceptors (Lipinski definition) is 3. The topological polar surface area (TPSA) is 29.3 Å². The number of hydrogen-bond donors (Lipinski definition) is 0. The minimum Gasteiger partial charge on any atom is -0.465 e. The van der Waals surface area contributed by atoms with Gasteiger partial charge in [-0.25, -0.2) is 0 Å². The van der Waals surface area contributed by atoms with E-state index in [1.165, 1.54) is 18.4 Å². The second kappa shape index (κ2) is 6.53. The van der Waals surface area contributed by atoms with Crippen LogP contribution >= 0.6 is 0 Å². The molecule has 0 saturated carbocycles. The maximum Gasteiger partial charge on any atom is 0.126 e. The first kappa shape index (κ1) is 13.1. The molecule has 1 fully saturated rings. The third-order valence-electron chi connectivity index (χ3n) is 3.95. The highest BCUT2D eigenvalue weighted by Crippen LogP contribution is 2.27. The summed E-state index contributed by atoms with van der Waals surface area (Å²) in [6, 6.07) is 8.19. The van der Waals surface area contributed by atoms with Gasteiger partial charge in [0.15, 0.2) is 0 Å². The fourth-order valence-corrected chi connectivity index (χ4v) is 2.79. The molecule has 0 amide bonds. The molecule has 0 aliphatic carbocycles. The van der Waals surface area contributed by atoms with Crippen LogP contribution in [0.25, 0.3) is 6.08 Å². The maximum absolute atomic E-state index is 5.29. The first-order valence-electron chi connectivity index (χ1n) is 7.24. The van der Waals surface area contributed by atoms with E-state index in [1.54, 1.807) is 6.26 Å². The second-order valence-electron chi connectivity index (χ2n) is 5.27. The lowest BCUT2D eigenvalue weighted by molar-refractivity contribution is 0.233. The van der Waals surface area contributed by atoms with Crippen LogP contribution in [0.15, 0.2) is 53.4 Å². The molecular weight excluding hydrogens is 248 g/mol. The van der Waals surface area contributed by atoms with Crippen LogP contribution in [0.4, 0.5) is 0 Å². The van der Waals surface area contributed by atoms with Crippen LogP contribution < -0.4 is 0 Å². The van der Waals surface area contributed by atoms with Crippen molar-refractivity contribution >= 4 is 6.08 Å². The lowest BCUT2D eigenvalue weighted by Gasteiger charge is -2.31. The molecule has 0 N–H and O–H groups in total. The normalized spacial score (nSPS) is 17.8. The van der Waals surface area contributed by atoms with Gasteiger partial charge in [-0.05, 0) is 67.8 Å². The predicted octanol–water partition coefficient (Wildman–Crippen LogP) is 3.57. The van der Waals surface area contributed by atoms with Gasteiger partial charge in [0.1, 0.15) is 5.76 Å². The van der Waals surface area contributed by atoms with E-state index >= 15 is 0 Å². The number of furan rings is 1. The summed E-state index contributed by atoms with van der Waals surface area (Å²) in [5, 5.41) is 0. The zero-order valence-electron chi connectivity index (χ0n) is 11.6. The molecule has 1 aliphatic heterocycles. The van der Waals surface area contributed by atoms with Crippen molar-refractivity contribution in [1.29, 1.82) is 0 Å². The average molecular weight is 268 g/mol. The quantitative estimate of drug-likeness (QED) is 0.849. The molecule has 0 unspecified atom stereocenters. The Morgan fingerprint density at radius 2 is 2.00 bits per heavy atom. The van der Waals surface area contributed by atoms with Gasteiger partial charge in [0.2, 0.25) is 0 Å². The molecule has 0 radical (unpaired) electrons.